The molecule has 3 aromatic carbocycles. The van der Waals surface area contributed by atoms with Crippen molar-refractivity contribution in [3.63, 3.8) is 0 Å². The molecule has 2 aromatic heterocycles. The number of hydrogen-bond acceptors (Lipinski definition) is 4. The van der Waals surface area contributed by atoms with Gasteiger partial charge in [0.1, 0.15) is 0 Å². The number of nitrogens with zero attached hydrogens (tertiary/aromatic N) is 1. The first-order valence-corrected chi connectivity index (χ1v) is 19.2. The van der Waals surface area contributed by atoms with Crippen molar-refractivity contribution in [3.05, 3.63) is 101 Å². The molecule has 0 aliphatic rings. The number of alkyl halides is 3. The first-order valence-electron chi connectivity index (χ1n) is 18.4. The predicted molar refractivity (Wildman–Crippen MR) is 213 cm³/mol. The van der Waals surface area contributed by atoms with Crippen LogP contribution in [0.25, 0.3) is 43.2 Å². The van der Waals surface area contributed by atoms with Crippen LogP contribution in [0.4, 0.5) is 13.2 Å². The number of benzene rings is 3. The largest absolute Gasteiger partial charge is 0.512 e. The summed E-state index contributed by atoms with van der Waals surface area (Å²) >= 11 is 1.43. The van der Waals surface area contributed by atoms with Crippen molar-refractivity contribution in [2.75, 3.05) is 0 Å². The summed E-state index contributed by atoms with van der Waals surface area (Å²) < 4.78 is 41.2. The molecular formula is C45H53F3IrNO2S-. The topological polar surface area (TPSA) is 50.2 Å². The summed E-state index contributed by atoms with van der Waals surface area (Å²) in [4.78, 5) is 17.1. The minimum atomic E-state index is -4.24. The van der Waals surface area contributed by atoms with Gasteiger partial charge in [-0.3, -0.25) is 9.78 Å². The van der Waals surface area contributed by atoms with Gasteiger partial charge < -0.3 is 5.11 Å². The van der Waals surface area contributed by atoms with Gasteiger partial charge >= 0.3 is 6.18 Å². The molecule has 0 aliphatic heterocycles. The number of rotatable bonds is 11. The molecular weight excluding hydrogens is 868 g/mol. The van der Waals surface area contributed by atoms with E-state index in [9.17, 15) is 23.1 Å². The number of fused-ring (bicyclic) bond motifs is 2. The molecule has 0 fully saturated rings. The minimum Gasteiger partial charge on any atom is -0.512 e. The fourth-order valence-electron chi connectivity index (χ4n) is 6.41. The van der Waals surface area contributed by atoms with E-state index >= 15 is 0 Å². The summed E-state index contributed by atoms with van der Waals surface area (Å²) in [6, 6.07) is 26.0. The van der Waals surface area contributed by atoms with Crippen molar-refractivity contribution >= 4 is 38.0 Å². The molecule has 0 atom stereocenters. The molecule has 2 heterocycles. The second kappa shape index (κ2) is 18.3. The second-order valence-corrected chi connectivity index (χ2v) is 16.5. The molecule has 5 rings (SSSR count). The number of allylic oxidation sites excluding steroid dienone is 2. The summed E-state index contributed by atoms with van der Waals surface area (Å²) in [6.45, 7) is 17.2. The molecule has 1 radical (unpaired) electrons. The summed E-state index contributed by atoms with van der Waals surface area (Å²) in [6.07, 6.45) is 2.44. The van der Waals surface area contributed by atoms with Gasteiger partial charge in [-0.25, -0.2) is 0 Å². The number of carbonyl (C=O) groups excluding carboxylic acids is 1. The average Bonchev–Trinajstić information content (AvgIpc) is 3.49. The third-order valence-electron chi connectivity index (χ3n) is 9.99. The molecule has 0 bridgehead atoms. The number of pyridine rings is 1. The second-order valence-electron chi connectivity index (χ2n) is 15.3. The number of ketones is 1. The van der Waals surface area contributed by atoms with Gasteiger partial charge in [-0.05, 0) is 72.2 Å². The smallest absolute Gasteiger partial charge is 0.394 e. The van der Waals surface area contributed by atoms with Gasteiger partial charge in [-0.2, -0.15) is 13.2 Å². The minimum absolute atomic E-state index is 0. The van der Waals surface area contributed by atoms with E-state index in [0.717, 1.165) is 68.4 Å². The SMILES string of the molecule is CC(C)(C)c1cc(-c2cc(-c3ccc4cc(CC(C)(C)C(F)(F)F)sc4c3)ccn2)[c-]c2ccccc12.CCC(CC)C(=O)/C=C(\O)C(CC)CC.[Ir]. The van der Waals surface area contributed by atoms with E-state index in [-0.39, 0.29) is 55.3 Å². The van der Waals surface area contributed by atoms with Crippen LogP contribution in [0.2, 0.25) is 0 Å². The Balaban J connectivity index is 0.000000403. The third kappa shape index (κ3) is 10.9. The number of thiophene rings is 1. The van der Waals surface area contributed by atoms with Crippen molar-refractivity contribution in [1.82, 2.24) is 4.98 Å². The van der Waals surface area contributed by atoms with Crippen LogP contribution in [0.3, 0.4) is 0 Å². The molecule has 0 saturated carbocycles. The van der Waals surface area contributed by atoms with Gasteiger partial charge in [0.15, 0.2) is 5.78 Å². The number of carbonyl (C=O) groups is 1. The number of aromatic nitrogens is 1. The van der Waals surface area contributed by atoms with E-state index in [2.05, 4.69) is 68.2 Å². The molecule has 3 nitrogen and oxygen atoms in total. The van der Waals surface area contributed by atoms with Gasteiger partial charge in [-0.15, -0.1) is 40.5 Å². The quantitative estimate of drug-likeness (QED) is 0.0816. The maximum Gasteiger partial charge on any atom is 0.394 e. The third-order valence-corrected chi connectivity index (χ3v) is 11.1. The van der Waals surface area contributed by atoms with Crippen LogP contribution in [0, 0.1) is 23.3 Å². The molecule has 8 heteroatoms. The standard InChI is InChI=1S/C32H29F3NS.C13H24O2.Ir/c1-30(2,3)27-16-24(14-22-8-6-7-9-26(22)27)28-17-21(12-13-36-28)20-10-11-23-15-25(37-29(23)18-20)19-31(4,5)32(33,34)35;1-5-10(6-2)12(14)9-13(15)11(7-3)8-4;/h6-13,15-18H,19H2,1-5H3;9-11,14H,5-8H2,1-4H3;/q-1;;/b;12-9-;. The van der Waals surface area contributed by atoms with E-state index in [1.165, 1.54) is 42.2 Å². The molecule has 0 saturated heterocycles. The van der Waals surface area contributed by atoms with Crippen LogP contribution < -0.4 is 0 Å². The zero-order valence-electron chi connectivity index (χ0n) is 32.4. The van der Waals surface area contributed by atoms with Crippen LogP contribution >= 0.6 is 11.3 Å². The monoisotopic (exact) mass is 921 g/mol. The Morgan fingerprint density at radius 1 is 0.849 bits per heavy atom. The van der Waals surface area contributed by atoms with Crippen LogP contribution in [0.5, 0.6) is 0 Å². The van der Waals surface area contributed by atoms with Crippen LogP contribution in [-0.4, -0.2) is 22.1 Å². The van der Waals surface area contributed by atoms with Crippen molar-refractivity contribution < 1.29 is 43.2 Å². The Hall–Kier alpha value is -3.32. The maximum atomic E-state index is 13.4. The Morgan fingerprint density at radius 3 is 2.08 bits per heavy atom. The molecule has 53 heavy (non-hydrogen) atoms. The van der Waals surface area contributed by atoms with Crippen molar-refractivity contribution in [1.29, 1.82) is 0 Å². The number of hydrogen-bond donors (Lipinski definition) is 1. The molecule has 0 spiro atoms. The van der Waals surface area contributed by atoms with Crippen LogP contribution in [0.1, 0.15) is 98.4 Å². The van der Waals surface area contributed by atoms with E-state index in [1.807, 2.05) is 58.0 Å². The van der Waals surface area contributed by atoms with E-state index < -0.39 is 11.6 Å². The van der Waals surface area contributed by atoms with Gasteiger partial charge in [0.05, 0.1) is 11.2 Å². The first kappa shape index (κ1) is 44.1. The van der Waals surface area contributed by atoms with Crippen molar-refractivity contribution in [2.24, 2.45) is 17.3 Å². The normalized spacial score (nSPS) is 12.6. The zero-order chi connectivity index (χ0) is 38.4. The Bertz CT molecular complexity index is 2010. The molecule has 287 valence electrons. The van der Waals surface area contributed by atoms with E-state index in [0.29, 0.717) is 0 Å². The maximum absolute atomic E-state index is 13.4. The Morgan fingerprint density at radius 2 is 1.47 bits per heavy atom. The molecule has 5 aromatic rings. The van der Waals surface area contributed by atoms with Crippen molar-refractivity contribution in [3.8, 4) is 22.4 Å². The van der Waals surface area contributed by atoms with Crippen LogP contribution in [0.15, 0.2) is 84.8 Å². The molecule has 0 unspecified atom stereocenters. The van der Waals surface area contributed by atoms with E-state index in [1.54, 1.807) is 6.20 Å². The Kier molecular flexibility index (Phi) is 15.3. The van der Waals surface area contributed by atoms with Crippen LogP contribution in [-0.2, 0) is 36.7 Å². The van der Waals surface area contributed by atoms with E-state index in [4.69, 9.17) is 0 Å². The molecule has 1 N–H and O–H groups in total. The summed E-state index contributed by atoms with van der Waals surface area (Å²) in [5, 5.41) is 13.0. The first-order chi connectivity index (χ1) is 24.4. The average molecular weight is 921 g/mol. The Labute approximate surface area is 331 Å². The number of aliphatic hydroxyl groups is 1. The number of halogens is 3. The molecule has 0 amide bonds. The molecule has 0 aliphatic carbocycles. The van der Waals surface area contributed by atoms with Crippen molar-refractivity contribution in [2.45, 2.75) is 106 Å². The predicted octanol–water partition coefficient (Wildman–Crippen LogP) is 13.9. The van der Waals surface area contributed by atoms with Gasteiger partial charge in [-0.1, -0.05) is 110 Å². The van der Waals surface area contributed by atoms with Gasteiger partial charge in [0, 0.05) is 59.5 Å². The fourth-order valence-corrected chi connectivity index (χ4v) is 7.75. The summed E-state index contributed by atoms with van der Waals surface area (Å²) in [5.74, 6) is 0.547. The number of aliphatic hydroxyl groups excluding tert-OH is 1. The van der Waals surface area contributed by atoms with Gasteiger partial charge in [0.25, 0.3) is 0 Å². The summed E-state index contributed by atoms with van der Waals surface area (Å²) in [5.41, 5.74) is 3.25. The fraction of sp³-hybridized carbons (Fsp3) is 0.422. The van der Waals surface area contributed by atoms with Gasteiger partial charge in [0.2, 0.25) is 0 Å². The summed E-state index contributed by atoms with van der Waals surface area (Å²) in [7, 11) is 0. The zero-order valence-corrected chi connectivity index (χ0v) is 35.6.